The van der Waals surface area contributed by atoms with E-state index in [9.17, 15) is 19.8 Å². The fourth-order valence-corrected chi connectivity index (χ4v) is 7.06. The van der Waals surface area contributed by atoms with E-state index in [0.29, 0.717) is 19.3 Å². The average Bonchev–Trinajstić information content (AvgIpc) is 3.15. The van der Waals surface area contributed by atoms with E-state index in [2.05, 4.69) is 50.4 Å². The van der Waals surface area contributed by atoms with Gasteiger partial charge in [0, 0.05) is 6.42 Å². The first-order valence-corrected chi connectivity index (χ1v) is 23.1. The monoisotopic (exact) mass is 748 g/mol. The van der Waals surface area contributed by atoms with Crippen LogP contribution in [-0.2, 0) is 14.3 Å². The van der Waals surface area contributed by atoms with Crippen LogP contribution >= 0.6 is 0 Å². The molecule has 0 bridgehead atoms. The number of aliphatic hydroxyl groups is 2. The molecular weight excluding hydrogens is 659 g/mol. The van der Waals surface area contributed by atoms with Crippen molar-refractivity contribution in [1.29, 1.82) is 0 Å². The summed E-state index contributed by atoms with van der Waals surface area (Å²) < 4.78 is 5.87. The number of hydrogen-bond donors (Lipinski definition) is 3. The number of esters is 1. The molecule has 0 spiro atoms. The van der Waals surface area contributed by atoms with E-state index in [4.69, 9.17) is 4.74 Å². The quantitative estimate of drug-likeness (QED) is 0.0329. The summed E-state index contributed by atoms with van der Waals surface area (Å²) in [5.41, 5.74) is 0. The lowest BCUT2D eigenvalue weighted by molar-refractivity contribution is -0.151. The second-order valence-electron chi connectivity index (χ2n) is 15.8. The molecule has 0 heterocycles. The number of ether oxygens (including phenoxy) is 1. The summed E-state index contributed by atoms with van der Waals surface area (Å²) in [6.45, 7) is 6.34. The molecule has 0 aromatic rings. The maximum atomic E-state index is 13.1. The van der Waals surface area contributed by atoms with Crippen molar-refractivity contribution < 1.29 is 24.5 Å². The van der Waals surface area contributed by atoms with Crippen LogP contribution in [0.15, 0.2) is 24.3 Å². The Bertz CT molecular complexity index is 843. The normalized spacial score (nSPS) is 13.5. The molecule has 0 aromatic carbocycles. The molecule has 6 heteroatoms. The number of carbonyl (C=O) groups is 2. The van der Waals surface area contributed by atoms with Gasteiger partial charge in [-0.2, -0.15) is 0 Å². The number of unbranched alkanes of at least 4 members (excludes halogenated alkanes) is 25. The fraction of sp³-hybridized carbons (Fsp3) is 0.872. The van der Waals surface area contributed by atoms with Gasteiger partial charge in [0.2, 0.25) is 5.91 Å². The van der Waals surface area contributed by atoms with Gasteiger partial charge < -0.3 is 20.3 Å². The zero-order valence-corrected chi connectivity index (χ0v) is 35.4. The first-order chi connectivity index (χ1) is 26.0. The lowest BCUT2D eigenvalue weighted by Gasteiger charge is -2.24. The predicted molar refractivity (Wildman–Crippen MR) is 227 cm³/mol. The maximum Gasteiger partial charge on any atom is 0.306 e. The van der Waals surface area contributed by atoms with Crippen LogP contribution in [0.3, 0.4) is 0 Å². The first kappa shape index (κ1) is 51.3. The van der Waals surface area contributed by atoms with Gasteiger partial charge in [-0.1, -0.05) is 199 Å². The standard InChI is InChI=1S/C47H89NO5/c1-4-7-10-13-16-18-20-22-24-26-28-31-34-37-40-47(52)53-43(38-35-32-29-15-12-9-6-3)41-46(51)48-44(42-49)45(50)39-36-33-30-27-25-23-21-19-17-14-11-8-5-2/h7,10,16,18,43-45,49-50H,4-6,8-9,11-15,17,19-42H2,1-3H3,(H,48,51)/b10-7+,18-16+. The van der Waals surface area contributed by atoms with Crippen LogP contribution in [0.5, 0.6) is 0 Å². The summed E-state index contributed by atoms with van der Waals surface area (Å²) in [4.78, 5) is 25.9. The topological polar surface area (TPSA) is 95.9 Å². The van der Waals surface area contributed by atoms with Gasteiger partial charge >= 0.3 is 5.97 Å². The Labute approximate surface area is 329 Å². The van der Waals surface area contributed by atoms with Crippen LogP contribution < -0.4 is 5.32 Å². The van der Waals surface area contributed by atoms with Crippen molar-refractivity contribution >= 4 is 11.9 Å². The minimum Gasteiger partial charge on any atom is -0.462 e. The van der Waals surface area contributed by atoms with Gasteiger partial charge in [0.15, 0.2) is 0 Å². The van der Waals surface area contributed by atoms with E-state index >= 15 is 0 Å². The molecule has 3 unspecified atom stereocenters. The molecule has 0 aliphatic carbocycles. The molecule has 0 aliphatic rings. The second kappa shape index (κ2) is 41.5. The van der Waals surface area contributed by atoms with Crippen molar-refractivity contribution in [2.45, 2.75) is 257 Å². The molecule has 0 saturated heterocycles. The second-order valence-corrected chi connectivity index (χ2v) is 15.8. The van der Waals surface area contributed by atoms with Crippen LogP contribution in [0.4, 0.5) is 0 Å². The van der Waals surface area contributed by atoms with Crippen molar-refractivity contribution in [3.05, 3.63) is 24.3 Å². The minimum absolute atomic E-state index is 0.0775. The smallest absolute Gasteiger partial charge is 0.306 e. The molecule has 0 fully saturated rings. The molecule has 0 radical (unpaired) electrons. The van der Waals surface area contributed by atoms with Crippen LogP contribution in [0.25, 0.3) is 0 Å². The summed E-state index contributed by atoms with van der Waals surface area (Å²) >= 11 is 0. The Morgan fingerprint density at radius 3 is 1.53 bits per heavy atom. The maximum absolute atomic E-state index is 13.1. The zero-order valence-electron chi connectivity index (χ0n) is 35.4. The van der Waals surface area contributed by atoms with E-state index in [1.165, 1.54) is 122 Å². The largest absolute Gasteiger partial charge is 0.462 e. The van der Waals surface area contributed by atoms with E-state index < -0.39 is 18.2 Å². The van der Waals surface area contributed by atoms with Gasteiger partial charge in [-0.05, 0) is 51.4 Å². The Morgan fingerprint density at radius 1 is 0.566 bits per heavy atom. The first-order valence-electron chi connectivity index (χ1n) is 23.1. The molecule has 0 aliphatic heterocycles. The fourth-order valence-electron chi connectivity index (χ4n) is 7.06. The number of allylic oxidation sites excluding steroid dienone is 4. The molecule has 1 amide bonds. The zero-order chi connectivity index (χ0) is 38.9. The average molecular weight is 748 g/mol. The SMILES string of the molecule is CC/C=C/C/C=C/CCCCCCCCCC(=O)OC(CCCCCCCCC)CC(=O)NC(CO)C(O)CCCCCCCCCCCCCCC. The molecule has 3 atom stereocenters. The lowest BCUT2D eigenvalue weighted by Crippen LogP contribution is -2.46. The molecular formula is C47H89NO5. The number of rotatable bonds is 41. The number of carbonyl (C=O) groups excluding carboxylic acids is 2. The van der Waals surface area contributed by atoms with E-state index in [0.717, 1.165) is 70.6 Å². The van der Waals surface area contributed by atoms with Crippen molar-refractivity contribution in [3.63, 3.8) is 0 Å². The third-order valence-corrected chi connectivity index (χ3v) is 10.5. The Morgan fingerprint density at radius 2 is 1.02 bits per heavy atom. The van der Waals surface area contributed by atoms with Gasteiger partial charge in [0.1, 0.15) is 6.10 Å². The number of nitrogens with one attached hydrogen (secondary N) is 1. The third-order valence-electron chi connectivity index (χ3n) is 10.5. The van der Waals surface area contributed by atoms with Crippen LogP contribution in [0.2, 0.25) is 0 Å². The van der Waals surface area contributed by atoms with Crippen molar-refractivity contribution in [3.8, 4) is 0 Å². The van der Waals surface area contributed by atoms with Crippen LogP contribution in [0, 0.1) is 0 Å². The van der Waals surface area contributed by atoms with Crippen molar-refractivity contribution in [2.75, 3.05) is 6.61 Å². The summed E-state index contributed by atoms with van der Waals surface area (Å²) in [6.07, 6.45) is 45.3. The minimum atomic E-state index is -0.782. The Hall–Kier alpha value is -1.66. The van der Waals surface area contributed by atoms with Crippen molar-refractivity contribution in [1.82, 2.24) is 5.32 Å². The predicted octanol–water partition coefficient (Wildman–Crippen LogP) is 13.2. The molecule has 312 valence electrons. The van der Waals surface area contributed by atoms with Gasteiger partial charge in [-0.25, -0.2) is 0 Å². The summed E-state index contributed by atoms with van der Waals surface area (Å²) in [5.74, 6) is -0.481. The van der Waals surface area contributed by atoms with Crippen molar-refractivity contribution in [2.24, 2.45) is 0 Å². The molecule has 0 rings (SSSR count). The Kier molecular flexibility index (Phi) is 40.2. The Balaban J connectivity index is 4.41. The third kappa shape index (κ3) is 37.1. The van der Waals surface area contributed by atoms with Gasteiger partial charge in [-0.3, -0.25) is 9.59 Å². The molecule has 6 nitrogen and oxygen atoms in total. The molecule has 53 heavy (non-hydrogen) atoms. The number of hydrogen-bond acceptors (Lipinski definition) is 5. The highest BCUT2D eigenvalue weighted by Gasteiger charge is 2.24. The van der Waals surface area contributed by atoms with Crippen LogP contribution in [-0.4, -0.2) is 46.9 Å². The van der Waals surface area contributed by atoms with E-state index in [1.54, 1.807) is 0 Å². The van der Waals surface area contributed by atoms with Gasteiger partial charge in [0.25, 0.3) is 0 Å². The molecule has 0 saturated carbocycles. The summed E-state index contributed by atoms with van der Waals surface area (Å²) in [6, 6.07) is -0.695. The van der Waals surface area contributed by atoms with Gasteiger partial charge in [0.05, 0.1) is 25.2 Å². The van der Waals surface area contributed by atoms with E-state index in [-0.39, 0.29) is 24.9 Å². The summed E-state index contributed by atoms with van der Waals surface area (Å²) in [7, 11) is 0. The lowest BCUT2D eigenvalue weighted by atomic mass is 10.0. The summed E-state index contributed by atoms with van der Waals surface area (Å²) in [5, 5.41) is 23.6. The van der Waals surface area contributed by atoms with E-state index in [1.807, 2.05) is 0 Å². The highest BCUT2D eigenvalue weighted by atomic mass is 16.5. The molecule has 3 N–H and O–H groups in total. The highest BCUT2D eigenvalue weighted by Crippen LogP contribution is 2.18. The number of amides is 1. The van der Waals surface area contributed by atoms with Gasteiger partial charge in [-0.15, -0.1) is 0 Å². The van der Waals surface area contributed by atoms with Crippen LogP contribution in [0.1, 0.15) is 239 Å². The number of aliphatic hydroxyl groups excluding tert-OH is 2. The highest BCUT2D eigenvalue weighted by molar-refractivity contribution is 5.77. The molecule has 0 aromatic heterocycles.